The van der Waals surface area contributed by atoms with E-state index in [1.54, 1.807) is 0 Å². The second kappa shape index (κ2) is 5.43. The predicted octanol–water partition coefficient (Wildman–Crippen LogP) is 4.66. The van der Waals surface area contributed by atoms with Gasteiger partial charge in [0, 0.05) is 30.9 Å². The van der Waals surface area contributed by atoms with Gasteiger partial charge in [-0.25, -0.2) is 0 Å². The van der Waals surface area contributed by atoms with Crippen molar-refractivity contribution in [2.24, 2.45) is 0 Å². The van der Waals surface area contributed by atoms with Gasteiger partial charge in [0.05, 0.1) is 5.52 Å². The Labute approximate surface area is 121 Å². The van der Waals surface area contributed by atoms with Crippen LogP contribution in [0, 0.1) is 6.92 Å². The van der Waals surface area contributed by atoms with Crippen LogP contribution in [0.1, 0.15) is 49.3 Å². The molecule has 20 heavy (non-hydrogen) atoms. The van der Waals surface area contributed by atoms with Crippen LogP contribution in [0.5, 0.6) is 0 Å². The molecule has 0 unspecified atom stereocenters. The van der Waals surface area contributed by atoms with Crippen molar-refractivity contribution < 1.29 is 0 Å². The summed E-state index contributed by atoms with van der Waals surface area (Å²) < 4.78 is 0. The zero-order valence-electron chi connectivity index (χ0n) is 12.8. The summed E-state index contributed by atoms with van der Waals surface area (Å²) in [6, 6.07) is 8.94. The van der Waals surface area contributed by atoms with Crippen LogP contribution in [0.3, 0.4) is 0 Å². The van der Waals surface area contributed by atoms with Gasteiger partial charge in [-0.05, 0) is 55.5 Å². The van der Waals surface area contributed by atoms with Gasteiger partial charge in [-0.15, -0.1) is 0 Å². The minimum atomic E-state index is 0.726. The number of nitrogens with zero attached hydrogens (tertiary/aromatic N) is 2. The summed E-state index contributed by atoms with van der Waals surface area (Å²) in [5.74, 6) is 0.726. The van der Waals surface area contributed by atoms with Gasteiger partial charge in [-0.3, -0.25) is 4.98 Å². The van der Waals surface area contributed by atoms with Gasteiger partial charge in [0.15, 0.2) is 0 Å². The normalized spacial score (nSPS) is 16.6. The second-order valence-electron chi connectivity index (χ2n) is 6.27. The van der Waals surface area contributed by atoms with E-state index < -0.39 is 0 Å². The first-order chi connectivity index (χ1) is 9.65. The molecule has 2 aromatic rings. The van der Waals surface area contributed by atoms with Crippen molar-refractivity contribution >= 4 is 16.6 Å². The third-order valence-electron chi connectivity index (χ3n) is 4.59. The SMILES string of the molecule is Cc1nc2ccc(N(C)C)cc2cc1C1CCCCC1. The number of anilines is 1. The van der Waals surface area contributed by atoms with Crippen molar-refractivity contribution in [2.45, 2.75) is 44.9 Å². The predicted molar refractivity (Wildman–Crippen MR) is 86.6 cm³/mol. The molecule has 1 saturated carbocycles. The molecule has 106 valence electrons. The lowest BCUT2D eigenvalue weighted by Gasteiger charge is -2.23. The Balaban J connectivity index is 2.05. The van der Waals surface area contributed by atoms with Crippen LogP contribution >= 0.6 is 0 Å². The summed E-state index contributed by atoms with van der Waals surface area (Å²) in [7, 11) is 4.18. The van der Waals surface area contributed by atoms with Crippen molar-refractivity contribution in [2.75, 3.05) is 19.0 Å². The number of aromatic nitrogens is 1. The van der Waals surface area contributed by atoms with E-state index in [1.165, 1.54) is 54.4 Å². The standard InChI is InChI=1S/C18H24N2/c1-13-17(14-7-5-4-6-8-14)12-15-11-16(20(2)3)9-10-18(15)19-13/h9-12,14H,4-8H2,1-3H3. The number of benzene rings is 1. The Morgan fingerprint density at radius 1 is 1.05 bits per heavy atom. The lowest BCUT2D eigenvalue weighted by atomic mass is 9.83. The maximum Gasteiger partial charge on any atom is 0.0706 e. The third-order valence-corrected chi connectivity index (χ3v) is 4.59. The Morgan fingerprint density at radius 2 is 1.80 bits per heavy atom. The van der Waals surface area contributed by atoms with Crippen LogP contribution in [0.15, 0.2) is 24.3 Å². The molecule has 0 N–H and O–H groups in total. The monoisotopic (exact) mass is 268 g/mol. The summed E-state index contributed by atoms with van der Waals surface area (Å²) in [5.41, 5.74) is 5.07. The molecule has 1 fully saturated rings. The lowest BCUT2D eigenvalue weighted by molar-refractivity contribution is 0.442. The number of pyridine rings is 1. The minimum Gasteiger partial charge on any atom is -0.378 e. The second-order valence-corrected chi connectivity index (χ2v) is 6.27. The Hall–Kier alpha value is -1.57. The van der Waals surface area contributed by atoms with Crippen molar-refractivity contribution in [3.8, 4) is 0 Å². The third kappa shape index (κ3) is 2.52. The average molecular weight is 268 g/mol. The van der Waals surface area contributed by atoms with Crippen LogP contribution in [0.25, 0.3) is 10.9 Å². The van der Waals surface area contributed by atoms with E-state index in [0.717, 1.165) is 11.4 Å². The first kappa shape index (κ1) is 13.4. The van der Waals surface area contributed by atoms with Crippen LogP contribution in [0.4, 0.5) is 5.69 Å². The largest absolute Gasteiger partial charge is 0.378 e. The molecule has 2 nitrogen and oxygen atoms in total. The Kier molecular flexibility index (Phi) is 3.64. The number of hydrogen-bond donors (Lipinski definition) is 0. The molecule has 2 heteroatoms. The first-order valence-electron chi connectivity index (χ1n) is 7.74. The minimum absolute atomic E-state index is 0.726. The maximum atomic E-state index is 4.83. The van der Waals surface area contributed by atoms with E-state index in [9.17, 15) is 0 Å². The van der Waals surface area contributed by atoms with Crippen molar-refractivity contribution in [3.63, 3.8) is 0 Å². The van der Waals surface area contributed by atoms with Crippen molar-refractivity contribution in [3.05, 3.63) is 35.5 Å². The number of fused-ring (bicyclic) bond motifs is 1. The van der Waals surface area contributed by atoms with Gasteiger partial charge in [0.25, 0.3) is 0 Å². The van der Waals surface area contributed by atoms with Gasteiger partial charge in [0.2, 0.25) is 0 Å². The van der Waals surface area contributed by atoms with Gasteiger partial charge in [-0.1, -0.05) is 19.3 Å². The van der Waals surface area contributed by atoms with E-state index in [2.05, 4.69) is 50.2 Å². The molecule has 0 radical (unpaired) electrons. The van der Waals surface area contributed by atoms with Crippen LogP contribution in [-0.4, -0.2) is 19.1 Å². The molecule has 0 atom stereocenters. The van der Waals surface area contributed by atoms with Crippen molar-refractivity contribution in [1.82, 2.24) is 4.98 Å². The first-order valence-corrected chi connectivity index (χ1v) is 7.74. The van der Waals surface area contributed by atoms with E-state index in [0.29, 0.717) is 0 Å². The smallest absolute Gasteiger partial charge is 0.0706 e. The fourth-order valence-electron chi connectivity index (χ4n) is 3.38. The van der Waals surface area contributed by atoms with Crippen LogP contribution in [0.2, 0.25) is 0 Å². The van der Waals surface area contributed by atoms with E-state index >= 15 is 0 Å². The maximum absolute atomic E-state index is 4.83. The number of hydrogen-bond acceptors (Lipinski definition) is 2. The zero-order valence-corrected chi connectivity index (χ0v) is 12.8. The van der Waals surface area contributed by atoms with Crippen molar-refractivity contribution in [1.29, 1.82) is 0 Å². The summed E-state index contributed by atoms with van der Waals surface area (Å²) in [5, 5.41) is 1.28. The average Bonchev–Trinajstić information content (AvgIpc) is 2.47. The quantitative estimate of drug-likeness (QED) is 0.787. The molecular formula is C18H24N2. The van der Waals surface area contributed by atoms with Gasteiger partial charge in [0.1, 0.15) is 0 Å². The molecule has 0 saturated heterocycles. The van der Waals surface area contributed by atoms with Gasteiger partial charge >= 0.3 is 0 Å². The van der Waals surface area contributed by atoms with E-state index in [-0.39, 0.29) is 0 Å². The summed E-state index contributed by atoms with van der Waals surface area (Å²) in [4.78, 5) is 6.99. The molecule has 1 aliphatic carbocycles. The molecule has 1 aromatic carbocycles. The highest BCUT2D eigenvalue weighted by Crippen LogP contribution is 2.35. The fourth-order valence-corrected chi connectivity index (χ4v) is 3.38. The molecular weight excluding hydrogens is 244 g/mol. The molecule has 1 aliphatic rings. The topological polar surface area (TPSA) is 16.1 Å². The molecule has 1 aromatic heterocycles. The Morgan fingerprint density at radius 3 is 2.50 bits per heavy atom. The van der Waals surface area contributed by atoms with Gasteiger partial charge in [-0.2, -0.15) is 0 Å². The van der Waals surface area contributed by atoms with E-state index in [4.69, 9.17) is 4.98 Å². The molecule has 1 heterocycles. The van der Waals surface area contributed by atoms with E-state index in [1.807, 2.05) is 0 Å². The molecule has 0 amide bonds. The molecule has 0 spiro atoms. The molecule has 0 aliphatic heterocycles. The number of aryl methyl sites for hydroxylation is 1. The van der Waals surface area contributed by atoms with Crippen LogP contribution in [-0.2, 0) is 0 Å². The zero-order chi connectivity index (χ0) is 14.1. The molecule has 0 bridgehead atoms. The number of rotatable bonds is 2. The summed E-state index contributed by atoms with van der Waals surface area (Å²) in [6.45, 7) is 2.17. The highest BCUT2D eigenvalue weighted by Gasteiger charge is 2.18. The summed E-state index contributed by atoms with van der Waals surface area (Å²) >= 11 is 0. The van der Waals surface area contributed by atoms with Crippen LogP contribution < -0.4 is 4.90 Å². The summed E-state index contributed by atoms with van der Waals surface area (Å²) in [6.07, 6.45) is 6.82. The Bertz CT molecular complexity index is 610. The fraction of sp³-hybridized carbons (Fsp3) is 0.500. The highest BCUT2D eigenvalue weighted by atomic mass is 15.1. The highest BCUT2D eigenvalue weighted by molar-refractivity contribution is 5.83. The molecule has 3 rings (SSSR count). The lowest BCUT2D eigenvalue weighted by Crippen LogP contribution is -2.09. The van der Waals surface area contributed by atoms with Gasteiger partial charge < -0.3 is 4.90 Å².